The molecule has 0 aromatic heterocycles. The summed E-state index contributed by atoms with van der Waals surface area (Å²) in [4.78, 5) is 12.1. The minimum absolute atomic E-state index is 0.223. The Balaban J connectivity index is 1.94. The van der Waals surface area contributed by atoms with Gasteiger partial charge in [-0.25, -0.2) is 0 Å². The Kier molecular flexibility index (Phi) is 3.23. The number of hydrogen-bond donors (Lipinski definition) is 2. The number of carbonyl (C=O) groups is 1. The molecule has 5 nitrogen and oxygen atoms in total. The van der Waals surface area contributed by atoms with Crippen LogP contribution in [0.15, 0.2) is 48.2 Å². The number of anilines is 2. The molecule has 0 saturated carbocycles. The van der Waals surface area contributed by atoms with Crippen molar-refractivity contribution in [2.24, 2.45) is 0 Å². The van der Waals surface area contributed by atoms with E-state index in [4.69, 9.17) is 15.2 Å². The molecule has 0 radical (unpaired) electrons. The van der Waals surface area contributed by atoms with Gasteiger partial charge in [0.2, 0.25) is 0 Å². The van der Waals surface area contributed by atoms with Crippen LogP contribution in [0.4, 0.5) is 11.4 Å². The topological polar surface area (TPSA) is 73.6 Å². The van der Waals surface area contributed by atoms with Crippen molar-refractivity contribution < 1.29 is 14.3 Å². The quantitative estimate of drug-likeness (QED) is 0.656. The van der Waals surface area contributed by atoms with Crippen LogP contribution in [0.3, 0.4) is 0 Å². The van der Waals surface area contributed by atoms with Crippen LogP contribution in [0, 0.1) is 0 Å². The third-order valence-electron chi connectivity index (χ3n) is 3.09. The molecule has 1 aliphatic rings. The minimum Gasteiger partial charge on any atom is -0.497 e. The van der Waals surface area contributed by atoms with Crippen molar-refractivity contribution in [2.45, 2.75) is 0 Å². The van der Waals surface area contributed by atoms with Crippen molar-refractivity contribution in [3.05, 3.63) is 53.8 Å². The lowest BCUT2D eigenvalue weighted by Crippen LogP contribution is -2.23. The van der Waals surface area contributed by atoms with Crippen LogP contribution in [0.25, 0.3) is 6.08 Å². The summed E-state index contributed by atoms with van der Waals surface area (Å²) in [5, 5.41) is 2.76. The summed E-state index contributed by atoms with van der Waals surface area (Å²) in [5.74, 6) is 1.20. The van der Waals surface area contributed by atoms with E-state index in [0.717, 1.165) is 5.56 Å². The fraction of sp³-hybridized carbons (Fsp3) is 0.0625. The van der Waals surface area contributed by atoms with Crippen molar-refractivity contribution in [3.8, 4) is 11.5 Å². The summed E-state index contributed by atoms with van der Waals surface area (Å²) >= 11 is 0. The van der Waals surface area contributed by atoms with E-state index in [1.54, 1.807) is 31.4 Å². The van der Waals surface area contributed by atoms with Gasteiger partial charge in [0.05, 0.1) is 12.8 Å². The van der Waals surface area contributed by atoms with Crippen LogP contribution in [-0.2, 0) is 4.79 Å². The van der Waals surface area contributed by atoms with Gasteiger partial charge in [-0.1, -0.05) is 12.1 Å². The lowest BCUT2D eigenvalue weighted by Gasteiger charge is -2.20. The maximum absolute atomic E-state index is 12.1. The van der Waals surface area contributed by atoms with E-state index >= 15 is 0 Å². The van der Waals surface area contributed by atoms with Crippen LogP contribution in [-0.4, -0.2) is 13.0 Å². The molecule has 0 spiro atoms. The van der Waals surface area contributed by atoms with Crippen molar-refractivity contribution in [1.82, 2.24) is 0 Å². The average Bonchev–Trinajstić information content (AvgIpc) is 2.48. The van der Waals surface area contributed by atoms with Gasteiger partial charge in [0.25, 0.3) is 5.91 Å². The first kappa shape index (κ1) is 13.1. The first-order valence-corrected chi connectivity index (χ1v) is 6.40. The van der Waals surface area contributed by atoms with Gasteiger partial charge < -0.3 is 20.5 Å². The number of ether oxygens (including phenoxy) is 2. The number of carbonyl (C=O) groups excluding carboxylic acids is 1. The van der Waals surface area contributed by atoms with E-state index in [0.29, 0.717) is 22.9 Å². The zero-order valence-electron chi connectivity index (χ0n) is 11.4. The number of fused-ring (bicyclic) bond motifs is 1. The van der Waals surface area contributed by atoms with E-state index in [9.17, 15) is 4.79 Å². The number of benzene rings is 2. The molecule has 3 N–H and O–H groups in total. The Hall–Kier alpha value is -2.95. The Morgan fingerprint density at radius 3 is 2.90 bits per heavy atom. The molecule has 2 aromatic carbocycles. The molecule has 0 aliphatic carbocycles. The largest absolute Gasteiger partial charge is 0.497 e. The summed E-state index contributed by atoms with van der Waals surface area (Å²) in [5.41, 5.74) is 7.64. The molecule has 5 heteroatoms. The summed E-state index contributed by atoms with van der Waals surface area (Å²) in [6, 6.07) is 12.5. The summed E-state index contributed by atoms with van der Waals surface area (Å²) < 4.78 is 10.8. The van der Waals surface area contributed by atoms with Crippen molar-refractivity contribution in [1.29, 1.82) is 0 Å². The van der Waals surface area contributed by atoms with Crippen molar-refractivity contribution >= 4 is 23.4 Å². The van der Waals surface area contributed by atoms with E-state index in [1.807, 2.05) is 24.3 Å². The number of nitrogen functional groups attached to an aromatic ring is 1. The van der Waals surface area contributed by atoms with Gasteiger partial charge in [0, 0.05) is 5.69 Å². The smallest absolute Gasteiger partial charge is 0.291 e. The Morgan fingerprint density at radius 1 is 1.24 bits per heavy atom. The third kappa shape index (κ3) is 2.67. The molecule has 106 valence electrons. The summed E-state index contributed by atoms with van der Waals surface area (Å²) in [6.45, 7) is 0. The number of amides is 1. The van der Waals surface area contributed by atoms with Gasteiger partial charge in [0.15, 0.2) is 11.5 Å². The zero-order chi connectivity index (χ0) is 14.8. The highest BCUT2D eigenvalue weighted by Crippen LogP contribution is 2.33. The van der Waals surface area contributed by atoms with Gasteiger partial charge in [0.1, 0.15) is 5.75 Å². The standard InChI is InChI=1S/C16H14N2O3/c1-20-12-4-2-3-10(7-12)8-15-16(19)18-13-9-11(17)5-6-14(13)21-15/h2-9H,17H2,1H3,(H,18,19)/b15-8+. The third-order valence-corrected chi connectivity index (χ3v) is 3.09. The van der Waals surface area contributed by atoms with E-state index in [1.165, 1.54) is 0 Å². The van der Waals surface area contributed by atoms with Crippen LogP contribution >= 0.6 is 0 Å². The van der Waals surface area contributed by atoms with Crippen LogP contribution < -0.4 is 20.5 Å². The zero-order valence-corrected chi connectivity index (χ0v) is 11.4. The van der Waals surface area contributed by atoms with E-state index in [-0.39, 0.29) is 11.7 Å². The van der Waals surface area contributed by atoms with Crippen molar-refractivity contribution in [2.75, 3.05) is 18.2 Å². The van der Waals surface area contributed by atoms with Gasteiger partial charge in [-0.3, -0.25) is 4.79 Å². The molecule has 1 heterocycles. The van der Waals surface area contributed by atoms with Crippen LogP contribution in [0.5, 0.6) is 11.5 Å². The Labute approximate surface area is 122 Å². The predicted molar refractivity (Wildman–Crippen MR) is 81.1 cm³/mol. The highest BCUT2D eigenvalue weighted by Gasteiger charge is 2.22. The highest BCUT2D eigenvalue weighted by atomic mass is 16.5. The minimum atomic E-state index is -0.309. The Morgan fingerprint density at radius 2 is 2.10 bits per heavy atom. The van der Waals surface area contributed by atoms with E-state index in [2.05, 4.69) is 5.32 Å². The molecule has 0 bridgehead atoms. The number of nitrogens with one attached hydrogen (secondary N) is 1. The van der Waals surface area contributed by atoms with Gasteiger partial charge in [-0.2, -0.15) is 0 Å². The summed E-state index contributed by atoms with van der Waals surface area (Å²) in [6.07, 6.45) is 1.66. The van der Waals surface area contributed by atoms with Gasteiger partial charge in [-0.15, -0.1) is 0 Å². The fourth-order valence-electron chi connectivity index (χ4n) is 2.06. The fourth-order valence-corrected chi connectivity index (χ4v) is 2.06. The van der Waals surface area contributed by atoms with Gasteiger partial charge >= 0.3 is 0 Å². The molecule has 2 aromatic rings. The molecule has 1 amide bonds. The second-order valence-corrected chi connectivity index (χ2v) is 4.60. The number of rotatable bonds is 2. The second kappa shape index (κ2) is 5.20. The summed E-state index contributed by atoms with van der Waals surface area (Å²) in [7, 11) is 1.59. The molecule has 0 unspecified atom stereocenters. The number of nitrogens with two attached hydrogens (primary N) is 1. The van der Waals surface area contributed by atoms with Crippen molar-refractivity contribution in [3.63, 3.8) is 0 Å². The molecular formula is C16H14N2O3. The van der Waals surface area contributed by atoms with Gasteiger partial charge in [-0.05, 0) is 42.0 Å². The molecule has 0 atom stereocenters. The highest BCUT2D eigenvalue weighted by molar-refractivity contribution is 6.08. The van der Waals surface area contributed by atoms with Crippen LogP contribution in [0.2, 0.25) is 0 Å². The average molecular weight is 282 g/mol. The normalized spacial score (nSPS) is 15.1. The molecule has 3 rings (SSSR count). The van der Waals surface area contributed by atoms with Crippen LogP contribution in [0.1, 0.15) is 5.56 Å². The maximum atomic E-state index is 12.1. The second-order valence-electron chi connectivity index (χ2n) is 4.60. The molecule has 0 saturated heterocycles. The molecule has 21 heavy (non-hydrogen) atoms. The molecule has 1 aliphatic heterocycles. The first-order chi connectivity index (χ1) is 10.2. The molecular weight excluding hydrogens is 268 g/mol. The number of hydrogen-bond acceptors (Lipinski definition) is 4. The predicted octanol–water partition coefficient (Wildman–Crippen LogP) is 2.65. The Bertz CT molecular complexity index is 738. The first-order valence-electron chi connectivity index (χ1n) is 6.40. The lowest BCUT2D eigenvalue weighted by molar-refractivity contribution is -0.115. The number of methoxy groups -OCH3 is 1. The monoisotopic (exact) mass is 282 g/mol. The lowest BCUT2D eigenvalue weighted by atomic mass is 10.1. The SMILES string of the molecule is COc1cccc(/C=C2/Oc3ccc(N)cc3NC2=O)c1. The molecule has 0 fully saturated rings. The van der Waals surface area contributed by atoms with E-state index < -0.39 is 0 Å². The maximum Gasteiger partial charge on any atom is 0.291 e.